The van der Waals surface area contributed by atoms with Crippen molar-refractivity contribution in [2.45, 2.75) is 47.1 Å². The monoisotopic (exact) mass is 298 g/mol. The highest BCUT2D eigenvalue weighted by atomic mass is 32.1. The number of ether oxygens (including phenoxy) is 1. The van der Waals surface area contributed by atoms with E-state index < -0.39 is 0 Å². The number of amides is 2. The second-order valence-electron chi connectivity index (χ2n) is 4.67. The van der Waals surface area contributed by atoms with Crippen LogP contribution in [0.4, 0.5) is 9.80 Å². The summed E-state index contributed by atoms with van der Waals surface area (Å²) >= 11 is 1.40. The van der Waals surface area contributed by atoms with Crippen LogP contribution >= 0.6 is 11.3 Å². The van der Waals surface area contributed by atoms with Gasteiger partial charge in [0.2, 0.25) is 0 Å². The van der Waals surface area contributed by atoms with E-state index in [0.717, 1.165) is 16.9 Å². The highest BCUT2D eigenvalue weighted by Gasteiger charge is 2.23. The molecule has 1 aromatic rings. The first kappa shape index (κ1) is 16.5. The van der Waals surface area contributed by atoms with E-state index in [2.05, 4.69) is 10.6 Å². The first-order valence-corrected chi connectivity index (χ1v) is 7.59. The molecule has 0 aliphatic rings. The lowest BCUT2D eigenvalue weighted by atomic mass is 10.1. The van der Waals surface area contributed by atoms with Crippen molar-refractivity contribution in [3.05, 3.63) is 16.0 Å². The number of carbonyl (C=O) groups excluding carboxylic acids is 2. The molecule has 0 atom stereocenters. The number of aryl methyl sites for hydroxylation is 1. The lowest BCUT2D eigenvalue weighted by Crippen LogP contribution is -2.34. The van der Waals surface area contributed by atoms with E-state index in [4.69, 9.17) is 4.74 Å². The van der Waals surface area contributed by atoms with Crippen molar-refractivity contribution in [2.75, 3.05) is 11.9 Å². The highest BCUT2D eigenvalue weighted by Crippen LogP contribution is 2.34. The normalized spacial score (nSPS) is 10.5. The van der Waals surface area contributed by atoms with Gasteiger partial charge in [-0.3, -0.25) is 5.32 Å². The molecule has 1 rings (SSSR count). The van der Waals surface area contributed by atoms with Gasteiger partial charge in [0, 0.05) is 10.9 Å². The van der Waals surface area contributed by atoms with Crippen molar-refractivity contribution in [3.63, 3.8) is 0 Å². The Morgan fingerprint density at radius 1 is 1.30 bits per heavy atom. The third-order valence-electron chi connectivity index (χ3n) is 2.69. The van der Waals surface area contributed by atoms with Crippen molar-refractivity contribution in [3.8, 4) is 0 Å². The van der Waals surface area contributed by atoms with Crippen molar-refractivity contribution >= 4 is 28.3 Å². The van der Waals surface area contributed by atoms with Gasteiger partial charge in [0.25, 0.3) is 0 Å². The lowest BCUT2D eigenvalue weighted by Gasteiger charge is -2.10. The van der Waals surface area contributed by atoms with E-state index in [0.29, 0.717) is 17.2 Å². The Hall–Kier alpha value is -1.56. The van der Waals surface area contributed by atoms with E-state index in [1.807, 2.05) is 27.7 Å². The molecule has 112 valence electrons. The zero-order chi connectivity index (χ0) is 15.3. The molecule has 2 amide bonds. The Kier molecular flexibility index (Phi) is 6.01. The minimum absolute atomic E-state index is 0.0350. The van der Waals surface area contributed by atoms with Gasteiger partial charge in [-0.15, -0.1) is 11.3 Å². The zero-order valence-corrected chi connectivity index (χ0v) is 13.4. The molecule has 0 saturated heterocycles. The Morgan fingerprint density at radius 3 is 2.45 bits per heavy atom. The van der Waals surface area contributed by atoms with Gasteiger partial charge in [0.15, 0.2) is 0 Å². The summed E-state index contributed by atoms with van der Waals surface area (Å²) in [6, 6.07) is -0.276. The minimum Gasteiger partial charge on any atom is -0.462 e. The molecule has 20 heavy (non-hydrogen) atoms. The van der Waals surface area contributed by atoms with Gasteiger partial charge in [-0.25, -0.2) is 9.59 Å². The molecule has 1 aromatic heterocycles. The lowest BCUT2D eigenvalue weighted by molar-refractivity contribution is 0.0527. The summed E-state index contributed by atoms with van der Waals surface area (Å²) in [7, 11) is 0. The fourth-order valence-electron chi connectivity index (χ4n) is 1.91. The number of hydrogen-bond acceptors (Lipinski definition) is 4. The molecule has 0 fully saturated rings. The van der Waals surface area contributed by atoms with Crippen LogP contribution in [0.2, 0.25) is 0 Å². The van der Waals surface area contributed by atoms with Crippen LogP contribution in [0.1, 0.15) is 48.5 Å². The summed E-state index contributed by atoms with van der Waals surface area (Å²) in [5, 5.41) is 6.04. The number of hydrogen-bond donors (Lipinski definition) is 2. The average Bonchev–Trinajstić information content (AvgIpc) is 2.63. The molecule has 0 unspecified atom stereocenters. The summed E-state index contributed by atoms with van der Waals surface area (Å²) < 4.78 is 5.08. The Morgan fingerprint density at radius 2 is 1.95 bits per heavy atom. The maximum absolute atomic E-state index is 12.1. The van der Waals surface area contributed by atoms with Gasteiger partial charge in [-0.1, -0.05) is 6.92 Å². The van der Waals surface area contributed by atoms with E-state index in [9.17, 15) is 9.59 Å². The molecule has 0 aliphatic carbocycles. The topological polar surface area (TPSA) is 67.4 Å². The fourth-order valence-corrected chi connectivity index (χ4v) is 3.04. The van der Waals surface area contributed by atoms with E-state index in [-0.39, 0.29) is 18.0 Å². The van der Waals surface area contributed by atoms with Gasteiger partial charge in [0.1, 0.15) is 5.00 Å². The van der Waals surface area contributed by atoms with Gasteiger partial charge in [-0.2, -0.15) is 0 Å². The van der Waals surface area contributed by atoms with Crippen molar-refractivity contribution in [1.29, 1.82) is 0 Å². The standard InChI is InChI=1S/C14H22N2O3S/c1-6-10-9(5)20-12(11(10)13(17)19-7-2)16-14(18)15-8(3)4/h8H,6-7H2,1-5H3,(H2,15,16,18). The third kappa shape index (κ3) is 3.96. The van der Waals surface area contributed by atoms with E-state index in [1.165, 1.54) is 11.3 Å². The summed E-state index contributed by atoms with van der Waals surface area (Å²) in [5.41, 5.74) is 1.42. The van der Waals surface area contributed by atoms with Gasteiger partial charge >= 0.3 is 12.0 Å². The molecule has 5 nitrogen and oxygen atoms in total. The van der Waals surface area contributed by atoms with Crippen LogP contribution < -0.4 is 10.6 Å². The number of carbonyl (C=O) groups is 2. The summed E-state index contributed by atoms with van der Waals surface area (Å²) in [5.74, 6) is -0.381. The quantitative estimate of drug-likeness (QED) is 0.819. The number of rotatable bonds is 5. The van der Waals surface area contributed by atoms with Crippen molar-refractivity contribution in [2.24, 2.45) is 0 Å². The highest BCUT2D eigenvalue weighted by molar-refractivity contribution is 7.16. The van der Waals surface area contributed by atoms with Crippen LogP contribution in [0.5, 0.6) is 0 Å². The Labute approximate surface area is 123 Å². The van der Waals surface area contributed by atoms with Crippen LogP contribution in [0.25, 0.3) is 0 Å². The second kappa shape index (κ2) is 7.28. The van der Waals surface area contributed by atoms with Gasteiger partial charge < -0.3 is 10.1 Å². The molecule has 0 bridgehead atoms. The molecule has 6 heteroatoms. The summed E-state index contributed by atoms with van der Waals surface area (Å²) in [6.45, 7) is 9.76. The molecular weight excluding hydrogens is 276 g/mol. The van der Waals surface area contributed by atoms with Gasteiger partial charge in [-0.05, 0) is 39.7 Å². The summed E-state index contributed by atoms with van der Waals surface area (Å²) in [6.07, 6.45) is 0.726. The molecule has 0 aliphatic heterocycles. The molecule has 0 radical (unpaired) electrons. The predicted octanol–water partition coefficient (Wildman–Crippen LogP) is 3.33. The van der Waals surface area contributed by atoms with E-state index in [1.54, 1.807) is 6.92 Å². The van der Waals surface area contributed by atoms with Crippen LogP contribution in [0.15, 0.2) is 0 Å². The summed E-state index contributed by atoms with van der Waals surface area (Å²) in [4.78, 5) is 24.9. The SMILES string of the molecule is CCOC(=O)c1c(NC(=O)NC(C)C)sc(C)c1CC. The van der Waals surface area contributed by atoms with Crippen LogP contribution in [0.3, 0.4) is 0 Å². The van der Waals surface area contributed by atoms with Crippen LogP contribution in [-0.2, 0) is 11.2 Å². The van der Waals surface area contributed by atoms with Crippen molar-refractivity contribution in [1.82, 2.24) is 5.32 Å². The smallest absolute Gasteiger partial charge is 0.341 e. The molecular formula is C14H22N2O3S. The molecule has 2 N–H and O–H groups in total. The number of anilines is 1. The number of esters is 1. The van der Waals surface area contributed by atoms with Crippen LogP contribution in [-0.4, -0.2) is 24.6 Å². The largest absolute Gasteiger partial charge is 0.462 e. The Balaban J connectivity index is 3.06. The predicted molar refractivity (Wildman–Crippen MR) is 81.7 cm³/mol. The molecule has 0 spiro atoms. The van der Waals surface area contributed by atoms with E-state index >= 15 is 0 Å². The fraction of sp³-hybridized carbons (Fsp3) is 0.571. The Bertz CT molecular complexity index is 495. The minimum atomic E-state index is -0.381. The average molecular weight is 298 g/mol. The molecule has 0 aromatic carbocycles. The maximum atomic E-state index is 12.1. The van der Waals surface area contributed by atoms with Crippen molar-refractivity contribution < 1.29 is 14.3 Å². The second-order valence-corrected chi connectivity index (χ2v) is 5.89. The van der Waals surface area contributed by atoms with Gasteiger partial charge in [0.05, 0.1) is 12.2 Å². The number of thiophene rings is 1. The number of urea groups is 1. The first-order chi connectivity index (χ1) is 9.40. The van der Waals surface area contributed by atoms with Crippen LogP contribution in [0, 0.1) is 6.92 Å². The zero-order valence-electron chi connectivity index (χ0n) is 12.6. The molecule has 1 heterocycles. The maximum Gasteiger partial charge on any atom is 0.341 e. The molecule has 0 saturated carbocycles. The third-order valence-corrected chi connectivity index (χ3v) is 3.75. The first-order valence-electron chi connectivity index (χ1n) is 6.77. The number of nitrogens with one attached hydrogen (secondary N) is 2.